The number of aryl methyl sites for hydroxylation is 1. The van der Waals surface area contributed by atoms with Gasteiger partial charge in [-0.15, -0.1) is 0 Å². The van der Waals surface area contributed by atoms with Gasteiger partial charge in [0.25, 0.3) is 0 Å². The predicted molar refractivity (Wildman–Crippen MR) is 69.9 cm³/mol. The number of hydrogen-bond acceptors (Lipinski definition) is 6. The molecule has 0 spiro atoms. The van der Waals surface area contributed by atoms with Crippen molar-refractivity contribution in [3.63, 3.8) is 0 Å². The Hall–Kier alpha value is -1.19. The second kappa shape index (κ2) is 5.85. The maximum atomic E-state index is 12.2. The van der Waals surface area contributed by atoms with Crippen LogP contribution in [0.4, 0.5) is 5.69 Å². The van der Waals surface area contributed by atoms with Crippen molar-refractivity contribution in [2.24, 2.45) is 0 Å². The molecule has 0 aliphatic rings. The number of hydrogen-bond donors (Lipinski definition) is 5. The zero-order valence-corrected chi connectivity index (χ0v) is 11.3. The number of nitrogen functional groups attached to an aromatic ring is 1. The van der Waals surface area contributed by atoms with Crippen LogP contribution in [-0.2, 0) is 10.0 Å². The molecule has 7 nitrogen and oxygen atoms in total. The number of rotatable bonds is 6. The summed E-state index contributed by atoms with van der Waals surface area (Å²) in [6.45, 7) is -0.617. The molecule has 0 radical (unpaired) electrons. The fourth-order valence-corrected chi connectivity index (χ4v) is 3.15. The Labute approximate surface area is 111 Å². The molecule has 0 atom stereocenters. The minimum Gasteiger partial charge on any atom is -0.399 e. The Morgan fingerprint density at radius 3 is 2.21 bits per heavy atom. The Bertz CT molecular complexity index is 532. The minimum absolute atomic E-state index is 0.0628. The second-order valence-electron chi connectivity index (χ2n) is 4.39. The van der Waals surface area contributed by atoms with Gasteiger partial charge in [-0.3, -0.25) is 0 Å². The number of nitrogens with one attached hydrogen (secondary N) is 1. The van der Waals surface area contributed by atoms with Crippen LogP contribution in [0.5, 0.6) is 0 Å². The van der Waals surface area contributed by atoms with Crippen LogP contribution in [-0.4, -0.2) is 49.1 Å². The molecular formula is C11H18N2O5S. The third-order valence-electron chi connectivity index (χ3n) is 2.76. The molecule has 1 rings (SSSR count). The predicted octanol–water partition coefficient (Wildman–Crippen LogP) is -1.43. The summed E-state index contributed by atoms with van der Waals surface area (Å²) in [6.07, 6.45) is 0. The summed E-state index contributed by atoms with van der Waals surface area (Å²) >= 11 is 0. The number of nitrogens with two attached hydrogens (primary N) is 1. The van der Waals surface area contributed by atoms with E-state index in [-0.39, 0.29) is 10.6 Å². The second-order valence-corrected chi connectivity index (χ2v) is 6.04. The van der Waals surface area contributed by atoms with Crippen LogP contribution in [0.15, 0.2) is 23.1 Å². The van der Waals surface area contributed by atoms with E-state index in [1.807, 2.05) is 0 Å². The summed E-state index contributed by atoms with van der Waals surface area (Å²) in [4.78, 5) is -0.0628. The first-order valence-electron chi connectivity index (χ1n) is 5.53. The first-order chi connectivity index (χ1) is 8.80. The fraction of sp³-hybridized carbons (Fsp3) is 0.455. The van der Waals surface area contributed by atoms with Crippen LogP contribution >= 0.6 is 0 Å². The lowest BCUT2D eigenvalue weighted by atomic mass is 10.1. The molecule has 0 heterocycles. The van der Waals surface area contributed by atoms with Crippen molar-refractivity contribution in [1.82, 2.24) is 4.72 Å². The number of anilines is 1. The van der Waals surface area contributed by atoms with E-state index >= 15 is 0 Å². The standard InChI is InChI=1S/C11H18N2O5S/c1-8-2-3-9(12)4-10(8)19(17,18)13-11(5-14,6-15)7-16/h2-4,13-16H,5-7,12H2,1H3. The fourth-order valence-electron chi connectivity index (χ4n) is 1.49. The zero-order chi connectivity index (χ0) is 14.7. The number of aliphatic hydroxyl groups excluding tert-OH is 3. The maximum Gasteiger partial charge on any atom is 0.241 e. The zero-order valence-electron chi connectivity index (χ0n) is 10.5. The summed E-state index contributed by atoms with van der Waals surface area (Å²) in [5, 5.41) is 27.4. The molecule has 108 valence electrons. The van der Waals surface area contributed by atoms with E-state index in [2.05, 4.69) is 4.72 Å². The molecule has 0 aliphatic carbocycles. The van der Waals surface area contributed by atoms with E-state index in [9.17, 15) is 8.42 Å². The lowest BCUT2D eigenvalue weighted by Crippen LogP contribution is -2.56. The quantitative estimate of drug-likeness (QED) is 0.408. The molecule has 0 saturated carbocycles. The molecule has 19 heavy (non-hydrogen) atoms. The number of sulfonamides is 1. The van der Waals surface area contributed by atoms with Crippen molar-refractivity contribution in [2.45, 2.75) is 17.4 Å². The molecule has 6 N–H and O–H groups in total. The summed E-state index contributed by atoms with van der Waals surface area (Å²) in [5.74, 6) is 0. The molecule has 0 bridgehead atoms. The van der Waals surface area contributed by atoms with Crippen LogP contribution in [0.2, 0.25) is 0 Å². The molecule has 0 fully saturated rings. The molecule has 1 aromatic carbocycles. The highest BCUT2D eigenvalue weighted by molar-refractivity contribution is 7.89. The van der Waals surface area contributed by atoms with E-state index in [4.69, 9.17) is 21.1 Å². The third-order valence-corrected chi connectivity index (χ3v) is 4.48. The van der Waals surface area contributed by atoms with Gasteiger partial charge in [-0.1, -0.05) is 6.07 Å². The molecule has 0 amide bonds. The Morgan fingerprint density at radius 1 is 1.21 bits per heavy atom. The summed E-state index contributed by atoms with van der Waals surface area (Å²) in [6, 6.07) is 4.38. The van der Waals surface area contributed by atoms with Gasteiger partial charge in [-0.05, 0) is 24.6 Å². The monoisotopic (exact) mass is 290 g/mol. The van der Waals surface area contributed by atoms with Crippen molar-refractivity contribution < 1.29 is 23.7 Å². The van der Waals surface area contributed by atoms with Gasteiger partial charge in [-0.25, -0.2) is 8.42 Å². The van der Waals surface area contributed by atoms with Gasteiger partial charge in [0.15, 0.2) is 0 Å². The van der Waals surface area contributed by atoms with Crippen molar-refractivity contribution in [3.05, 3.63) is 23.8 Å². The summed E-state index contributed by atoms with van der Waals surface area (Å²) < 4.78 is 26.5. The summed E-state index contributed by atoms with van der Waals surface area (Å²) in [5.41, 5.74) is 4.57. The van der Waals surface area contributed by atoms with Gasteiger partial charge < -0.3 is 21.1 Å². The highest BCUT2D eigenvalue weighted by atomic mass is 32.2. The average molecular weight is 290 g/mol. The lowest BCUT2D eigenvalue weighted by molar-refractivity contribution is 0.0582. The molecular weight excluding hydrogens is 272 g/mol. The van der Waals surface area contributed by atoms with Crippen LogP contribution in [0.1, 0.15) is 5.56 Å². The highest BCUT2D eigenvalue weighted by Gasteiger charge is 2.34. The Morgan fingerprint density at radius 2 is 1.74 bits per heavy atom. The largest absolute Gasteiger partial charge is 0.399 e. The topological polar surface area (TPSA) is 133 Å². The minimum atomic E-state index is -4.02. The average Bonchev–Trinajstić information content (AvgIpc) is 2.39. The normalized spacial score (nSPS) is 12.6. The number of aliphatic hydroxyl groups is 3. The van der Waals surface area contributed by atoms with Gasteiger partial charge in [0.2, 0.25) is 10.0 Å². The highest BCUT2D eigenvalue weighted by Crippen LogP contribution is 2.20. The van der Waals surface area contributed by atoms with Crippen molar-refractivity contribution in [3.8, 4) is 0 Å². The van der Waals surface area contributed by atoms with Crippen LogP contribution < -0.4 is 10.5 Å². The van der Waals surface area contributed by atoms with E-state index in [0.717, 1.165) is 0 Å². The van der Waals surface area contributed by atoms with Crippen LogP contribution in [0.25, 0.3) is 0 Å². The Kier molecular flexibility index (Phi) is 4.88. The molecule has 8 heteroatoms. The van der Waals surface area contributed by atoms with Crippen LogP contribution in [0, 0.1) is 6.92 Å². The smallest absolute Gasteiger partial charge is 0.241 e. The van der Waals surface area contributed by atoms with E-state index in [1.165, 1.54) is 6.07 Å². The van der Waals surface area contributed by atoms with Crippen molar-refractivity contribution in [2.75, 3.05) is 25.6 Å². The number of benzene rings is 1. The van der Waals surface area contributed by atoms with Crippen molar-refractivity contribution >= 4 is 15.7 Å². The van der Waals surface area contributed by atoms with Crippen LogP contribution in [0.3, 0.4) is 0 Å². The maximum absolute atomic E-state index is 12.2. The molecule has 0 aromatic heterocycles. The molecule has 1 aromatic rings. The van der Waals surface area contributed by atoms with Gasteiger partial charge >= 0.3 is 0 Å². The Balaban J connectivity index is 3.21. The first kappa shape index (κ1) is 15.9. The van der Waals surface area contributed by atoms with E-state index in [0.29, 0.717) is 5.56 Å². The first-order valence-corrected chi connectivity index (χ1v) is 7.01. The van der Waals surface area contributed by atoms with Gasteiger partial charge in [-0.2, -0.15) is 4.72 Å². The molecule has 0 aliphatic heterocycles. The van der Waals surface area contributed by atoms with Crippen molar-refractivity contribution in [1.29, 1.82) is 0 Å². The lowest BCUT2D eigenvalue weighted by Gasteiger charge is -2.28. The van der Waals surface area contributed by atoms with Gasteiger partial charge in [0.05, 0.1) is 24.7 Å². The summed E-state index contributed by atoms with van der Waals surface area (Å²) in [7, 11) is -4.02. The van der Waals surface area contributed by atoms with Gasteiger partial charge in [0.1, 0.15) is 5.54 Å². The molecule has 0 unspecified atom stereocenters. The van der Waals surface area contributed by atoms with E-state index in [1.54, 1.807) is 19.1 Å². The SMILES string of the molecule is Cc1ccc(N)cc1S(=O)(=O)NC(CO)(CO)CO. The molecule has 0 saturated heterocycles. The third kappa shape index (κ3) is 3.43. The van der Waals surface area contributed by atoms with Gasteiger partial charge in [0, 0.05) is 5.69 Å². The van der Waals surface area contributed by atoms with E-state index < -0.39 is 35.4 Å².